The number of aliphatic hydroxyl groups excluding tert-OH is 1. The number of halogens is 2. The van der Waals surface area contributed by atoms with E-state index in [1.165, 1.54) is 19.4 Å². The lowest BCUT2D eigenvalue weighted by Crippen LogP contribution is -2.03. The number of hydrogen-bond donors (Lipinski definition) is 2. The Balaban J connectivity index is 0.000000231. The number of ether oxygens (including phenoxy) is 4. The number of methoxy groups -OCH3 is 2. The van der Waals surface area contributed by atoms with Gasteiger partial charge >= 0.3 is 0 Å². The summed E-state index contributed by atoms with van der Waals surface area (Å²) in [6.07, 6.45) is 2.30. The van der Waals surface area contributed by atoms with E-state index in [0.29, 0.717) is 39.4 Å². The highest BCUT2D eigenvalue weighted by Crippen LogP contribution is 2.38. The van der Waals surface area contributed by atoms with Crippen LogP contribution in [0.25, 0.3) is 21.7 Å². The molecule has 0 spiro atoms. The Morgan fingerprint density at radius 3 is 2.27 bits per heavy atom. The zero-order valence-corrected chi connectivity index (χ0v) is 22.6. The molecule has 0 aliphatic heterocycles. The predicted molar refractivity (Wildman–Crippen MR) is 153 cm³/mol. The monoisotopic (exact) mass is 562 g/mol. The van der Waals surface area contributed by atoms with Crippen LogP contribution in [-0.2, 0) is 0 Å². The Labute approximate surface area is 235 Å². The average Bonchev–Trinajstić information content (AvgIpc) is 3.00. The third-order valence-corrected chi connectivity index (χ3v) is 6.10. The third-order valence-electron chi connectivity index (χ3n) is 6.10. The summed E-state index contributed by atoms with van der Waals surface area (Å²) in [6.45, 7) is -0.112. The van der Waals surface area contributed by atoms with Crippen molar-refractivity contribution in [3.05, 3.63) is 90.1 Å². The quantitative estimate of drug-likeness (QED) is 0.200. The summed E-state index contributed by atoms with van der Waals surface area (Å²) in [5, 5.41) is 14.1. The van der Waals surface area contributed by atoms with Crippen LogP contribution in [0.2, 0.25) is 0 Å². The van der Waals surface area contributed by atoms with Crippen LogP contribution < -0.4 is 24.3 Å². The van der Waals surface area contributed by atoms with E-state index in [4.69, 9.17) is 24.1 Å². The van der Waals surface area contributed by atoms with Crippen molar-refractivity contribution in [2.75, 3.05) is 39.8 Å². The molecular weight excluding hydrogens is 534 g/mol. The van der Waals surface area contributed by atoms with Crippen LogP contribution in [0.5, 0.6) is 28.7 Å². The van der Waals surface area contributed by atoms with E-state index in [0.717, 1.165) is 29.2 Å². The maximum absolute atomic E-state index is 14.3. The maximum Gasteiger partial charge on any atom is 0.198 e. The molecule has 0 unspecified atom stereocenters. The lowest BCUT2D eigenvalue weighted by atomic mass is 10.0. The lowest BCUT2D eigenvalue weighted by molar-refractivity contribution is 0.112. The summed E-state index contributed by atoms with van der Waals surface area (Å²) in [5.41, 5.74) is 1.40. The van der Waals surface area contributed by atoms with Crippen molar-refractivity contribution in [2.45, 2.75) is 0 Å². The van der Waals surface area contributed by atoms with Crippen molar-refractivity contribution in [1.29, 1.82) is 0 Å². The molecule has 0 amide bonds. The molecule has 0 radical (unpaired) electrons. The van der Waals surface area contributed by atoms with Gasteiger partial charge in [-0.2, -0.15) is 0 Å². The van der Waals surface area contributed by atoms with Crippen molar-refractivity contribution in [3.63, 3.8) is 0 Å². The zero-order chi connectivity index (χ0) is 29.4. The molecular formula is C31H28F2N2O6. The van der Waals surface area contributed by atoms with Crippen LogP contribution in [0.1, 0.15) is 10.4 Å². The fourth-order valence-electron chi connectivity index (χ4n) is 4.13. The first-order chi connectivity index (χ1) is 19.9. The number of fused-ring (bicyclic) bond motifs is 2. The number of aliphatic hydroxyl groups is 1. The summed E-state index contributed by atoms with van der Waals surface area (Å²) < 4.78 is 49.9. The number of carbonyl (C=O) groups is 1. The Morgan fingerprint density at radius 2 is 1.61 bits per heavy atom. The van der Waals surface area contributed by atoms with Gasteiger partial charge in [-0.15, -0.1) is 0 Å². The first kappa shape index (κ1) is 29.0. The number of aromatic nitrogens is 1. The van der Waals surface area contributed by atoms with E-state index < -0.39 is 17.4 Å². The SMILES string of the molecule is CNc1cc(F)c(Oc2ccnc3cc(OC)c(OCCO)cc23)c(F)c1.COc1ccc2ccccc2c1C=O. The molecule has 5 aromatic rings. The second-order valence-corrected chi connectivity index (χ2v) is 8.54. The number of hydrogen-bond acceptors (Lipinski definition) is 8. The summed E-state index contributed by atoms with van der Waals surface area (Å²) in [4.78, 5) is 15.1. The van der Waals surface area contributed by atoms with Crippen molar-refractivity contribution in [1.82, 2.24) is 4.98 Å². The van der Waals surface area contributed by atoms with Gasteiger partial charge in [0.15, 0.2) is 35.2 Å². The van der Waals surface area contributed by atoms with Gasteiger partial charge in [-0.1, -0.05) is 30.3 Å². The van der Waals surface area contributed by atoms with E-state index in [1.807, 2.05) is 36.4 Å². The number of anilines is 1. The smallest absolute Gasteiger partial charge is 0.198 e. The molecule has 4 aromatic carbocycles. The van der Waals surface area contributed by atoms with Gasteiger partial charge in [-0.05, 0) is 29.0 Å². The zero-order valence-electron chi connectivity index (χ0n) is 22.6. The first-order valence-corrected chi connectivity index (χ1v) is 12.5. The highest BCUT2D eigenvalue weighted by Gasteiger charge is 2.17. The van der Waals surface area contributed by atoms with Crippen LogP contribution in [-0.4, -0.2) is 50.9 Å². The number of pyridine rings is 1. The summed E-state index contributed by atoms with van der Waals surface area (Å²) in [5.74, 6) is -0.607. The van der Waals surface area contributed by atoms with Gasteiger partial charge < -0.3 is 29.4 Å². The molecule has 41 heavy (non-hydrogen) atoms. The largest absolute Gasteiger partial charge is 0.496 e. The van der Waals surface area contributed by atoms with E-state index in [9.17, 15) is 13.6 Å². The van der Waals surface area contributed by atoms with Gasteiger partial charge in [0.05, 0.1) is 31.9 Å². The number of nitrogens with one attached hydrogen (secondary N) is 1. The van der Waals surface area contributed by atoms with E-state index in [2.05, 4.69) is 10.3 Å². The molecule has 0 saturated carbocycles. The number of rotatable bonds is 9. The standard InChI is InChI=1S/C19H18F2N2O4.C12H10O2/c1-22-11-7-13(20)19(14(21)8-11)27-16-3-4-23-15-10-17(25-2)18(9-12(15)16)26-6-5-24;1-14-12-7-6-9-4-2-3-5-10(9)11(12)8-13/h3-4,7-10,22,24H,5-6H2,1-2H3;2-8H,1H3. The molecule has 0 aliphatic rings. The topological polar surface area (TPSA) is 99.1 Å². The van der Waals surface area contributed by atoms with Crippen LogP contribution >= 0.6 is 0 Å². The lowest BCUT2D eigenvalue weighted by Gasteiger charge is -2.14. The molecule has 5 rings (SSSR count). The van der Waals surface area contributed by atoms with Crippen molar-refractivity contribution >= 4 is 33.6 Å². The second-order valence-electron chi connectivity index (χ2n) is 8.54. The van der Waals surface area contributed by atoms with Gasteiger partial charge in [-0.25, -0.2) is 8.78 Å². The van der Waals surface area contributed by atoms with Crippen LogP contribution in [0, 0.1) is 11.6 Å². The maximum atomic E-state index is 14.3. The predicted octanol–water partition coefficient (Wildman–Crippen LogP) is 6.39. The van der Waals surface area contributed by atoms with Crippen molar-refractivity contribution < 1.29 is 37.6 Å². The molecule has 2 N–H and O–H groups in total. The Hall–Kier alpha value is -4.96. The average molecular weight is 563 g/mol. The number of aldehydes is 1. The van der Waals surface area contributed by atoms with Crippen LogP contribution in [0.3, 0.4) is 0 Å². The fourth-order valence-corrected chi connectivity index (χ4v) is 4.13. The van der Waals surface area contributed by atoms with Gasteiger partial charge in [0.2, 0.25) is 0 Å². The van der Waals surface area contributed by atoms with Crippen molar-refractivity contribution in [3.8, 4) is 28.7 Å². The Kier molecular flexibility index (Phi) is 9.49. The molecule has 212 valence electrons. The highest BCUT2D eigenvalue weighted by molar-refractivity contribution is 6.00. The minimum Gasteiger partial charge on any atom is -0.496 e. The Bertz CT molecular complexity index is 1660. The first-order valence-electron chi connectivity index (χ1n) is 12.5. The van der Waals surface area contributed by atoms with E-state index >= 15 is 0 Å². The minimum absolute atomic E-state index is 0.0626. The van der Waals surface area contributed by atoms with Gasteiger partial charge in [0.25, 0.3) is 0 Å². The molecule has 0 aliphatic carbocycles. The summed E-state index contributed by atoms with van der Waals surface area (Å²) in [6, 6.07) is 18.5. The molecule has 0 fully saturated rings. The van der Waals surface area contributed by atoms with Crippen LogP contribution in [0.4, 0.5) is 14.5 Å². The van der Waals surface area contributed by atoms with Gasteiger partial charge in [0.1, 0.15) is 18.1 Å². The third kappa shape index (κ3) is 6.44. The van der Waals surface area contributed by atoms with E-state index in [1.54, 1.807) is 26.3 Å². The number of nitrogens with zero attached hydrogens (tertiary/aromatic N) is 1. The molecule has 0 atom stereocenters. The van der Waals surface area contributed by atoms with Gasteiger partial charge in [-0.3, -0.25) is 9.78 Å². The molecule has 0 saturated heterocycles. The summed E-state index contributed by atoms with van der Waals surface area (Å²) >= 11 is 0. The highest BCUT2D eigenvalue weighted by atomic mass is 19.1. The fraction of sp³-hybridized carbons (Fsp3) is 0.161. The van der Waals surface area contributed by atoms with Crippen LogP contribution in [0.15, 0.2) is 72.9 Å². The number of carbonyl (C=O) groups excluding carboxylic acids is 1. The molecule has 1 aromatic heterocycles. The van der Waals surface area contributed by atoms with Crippen molar-refractivity contribution in [2.24, 2.45) is 0 Å². The molecule has 8 nitrogen and oxygen atoms in total. The number of benzene rings is 4. The summed E-state index contributed by atoms with van der Waals surface area (Å²) in [7, 11) is 4.60. The molecule has 1 heterocycles. The van der Waals surface area contributed by atoms with Gasteiger partial charge in [0, 0.05) is 42.5 Å². The minimum atomic E-state index is -0.838. The normalized spacial score (nSPS) is 10.5. The molecule has 10 heteroatoms. The molecule has 0 bridgehead atoms. The Morgan fingerprint density at radius 1 is 0.878 bits per heavy atom. The second kappa shape index (κ2) is 13.4. The van der Waals surface area contributed by atoms with E-state index in [-0.39, 0.29) is 19.0 Å².